The molecule has 3 aromatic carbocycles. The summed E-state index contributed by atoms with van der Waals surface area (Å²) < 4.78 is 53.4. The van der Waals surface area contributed by atoms with Gasteiger partial charge in [-0.25, -0.2) is 4.98 Å². The van der Waals surface area contributed by atoms with Crippen LogP contribution in [0.1, 0.15) is 11.1 Å². The molecule has 2 aromatic heterocycles. The average molecular weight is 476 g/mol. The second kappa shape index (κ2) is 7.64. The number of imidazole rings is 1. The number of ether oxygens (including phenoxy) is 1. The Hall–Kier alpha value is -3.37. The summed E-state index contributed by atoms with van der Waals surface area (Å²) in [6.45, 7) is 1.88. The van der Waals surface area contributed by atoms with Crippen molar-refractivity contribution in [1.82, 2.24) is 18.7 Å². The first-order valence-electron chi connectivity index (χ1n) is 9.30. The average Bonchev–Trinajstić information content (AvgIpc) is 3.35. The number of aryl methyl sites for hydroxylation is 1. The lowest BCUT2D eigenvalue weighted by Crippen LogP contribution is -2.04. The van der Waals surface area contributed by atoms with Crippen LogP contribution in [0.25, 0.3) is 22.1 Å². The summed E-state index contributed by atoms with van der Waals surface area (Å²) in [7, 11) is 0. The van der Waals surface area contributed by atoms with Crippen LogP contribution in [0.2, 0.25) is 5.02 Å². The smallest absolute Gasteiger partial charge is 0.416 e. The third-order valence-corrected chi connectivity index (χ3v) is 5.64. The van der Waals surface area contributed by atoms with Crippen LogP contribution >= 0.6 is 23.3 Å². The van der Waals surface area contributed by atoms with Crippen LogP contribution in [-0.4, -0.2) is 18.7 Å². The number of halogens is 4. The zero-order valence-corrected chi connectivity index (χ0v) is 17.9. The Kier molecular flexibility index (Phi) is 4.90. The molecule has 2 heterocycles. The van der Waals surface area contributed by atoms with Crippen LogP contribution in [0.3, 0.4) is 0 Å². The van der Waals surface area contributed by atoms with Gasteiger partial charge >= 0.3 is 6.18 Å². The number of nitrogens with one attached hydrogen (secondary N) is 2. The molecule has 0 amide bonds. The van der Waals surface area contributed by atoms with Crippen molar-refractivity contribution in [2.75, 3.05) is 5.32 Å². The van der Waals surface area contributed by atoms with Gasteiger partial charge in [-0.15, -0.1) is 0 Å². The van der Waals surface area contributed by atoms with E-state index in [1.165, 1.54) is 0 Å². The molecule has 11 heteroatoms. The highest BCUT2D eigenvalue weighted by molar-refractivity contribution is 7.00. The number of H-pyrrole nitrogens is 1. The Bertz CT molecular complexity index is 1460. The first-order chi connectivity index (χ1) is 15.3. The molecule has 5 rings (SSSR count). The largest absolute Gasteiger partial charge is 0.457 e. The van der Waals surface area contributed by atoms with Gasteiger partial charge in [-0.3, -0.25) is 0 Å². The van der Waals surface area contributed by atoms with Crippen LogP contribution in [0.15, 0.2) is 48.5 Å². The molecule has 162 valence electrons. The lowest BCUT2D eigenvalue weighted by atomic mass is 10.2. The number of nitrogens with zero attached hydrogens (tertiary/aromatic N) is 3. The summed E-state index contributed by atoms with van der Waals surface area (Å²) in [6.07, 6.45) is -4.50. The van der Waals surface area contributed by atoms with Gasteiger partial charge in [0.25, 0.3) is 0 Å². The van der Waals surface area contributed by atoms with Crippen molar-refractivity contribution in [2.24, 2.45) is 0 Å². The van der Waals surface area contributed by atoms with Crippen molar-refractivity contribution in [3.05, 3.63) is 64.7 Å². The quantitative estimate of drug-likeness (QED) is 0.290. The molecule has 2 N–H and O–H groups in total. The first kappa shape index (κ1) is 20.5. The van der Waals surface area contributed by atoms with Crippen LogP contribution < -0.4 is 10.1 Å². The predicted octanol–water partition coefficient (Wildman–Crippen LogP) is 7.08. The number of rotatable bonds is 4. The molecule has 5 aromatic rings. The van der Waals surface area contributed by atoms with Gasteiger partial charge in [0.15, 0.2) is 0 Å². The summed E-state index contributed by atoms with van der Waals surface area (Å²) in [5.74, 6) is 1.54. The van der Waals surface area contributed by atoms with E-state index in [4.69, 9.17) is 16.3 Å². The molecule has 0 bridgehead atoms. The number of alkyl halides is 3. The fraction of sp³-hybridized carbons (Fsp3) is 0.0952. The van der Waals surface area contributed by atoms with Gasteiger partial charge in [-0.1, -0.05) is 11.6 Å². The number of hydrogen-bond acceptors (Lipinski definition) is 6. The number of anilines is 2. The van der Waals surface area contributed by atoms with E-state index in [0.29, 0.717) is 22.7 Å². The molecule has 6 nitrogen and oxygen atoms in total. The Morgan fingerprint density at radius 1 is 0.969 bits per heavy atom. The SMILES string of the molecule is Cc1cc(Oc2ccc3nsnc3c2)ccc1Nc1nc2cc(C(F)(F)F)cc(Cl)c2[nH]1. The second-order valence-corrected chi connectivity index (χ2v) is 7.99. The van der Waals surface area contributed by atoms with E-state index < -0.39 is 11.7 Å². The van der Waals surface area contributed by atoms with Crippen molar-refractivity contribution >= 4 is 57.0 Å². The minimum atomic E-state index is -4.50. The lowest BCUT2D eigenvalue weighted by molar-refractivity contribution is -0.137. The first-order valence-corrected chi connectivity index (χ1v) is 10.4. The Morgan fingerprint density at radius 3 is 2.50 bits per heavy atom. The standard InChI is InChI=1S/C21H13ClF3N5OS/c1-10-6-12(31-13-3-5-16-17(9-13)30-32-29-16)2-4-15(10)26-20-27-18-8-11(21(23,24)25)7-14(22)19(18)28-20/h2-9H,1H3,(H2,26,27,28). The van der Waals surface area contributed by atoms with E-state index in [1.807, 2.05) is 31.2 Å². The molecule has 0 saturated heterocycles. The zero-order valence-electron chi connectivity index (χ0n) is 16.3. The summed E-state index contributed by atoms with van der Waals surface area (Å²) in [6, 6.07) is 12.7. The van der Waals surface area contributed by atoms with Gasteiger partial charge in [0.2, 0.25) is 5.95 Å². The molecule has 0 aliphatic carbocycles. The normalized spacial score (nSPS) is 11.9. The molecule has 0 aliphatic heterocycles. The van der Waals surface area contributed by atoms with Gasteiger partial charge in [-0.05, 0) is 55.0 Å². The maximum atomic E-state index is 13.0. The molecule has 0 aliphatic rings. The summed E-state index contributed by atoms with van der Waals surface area (Å²) in [5.41, 5.74) is 2.73. The van der Waals surface area contributed by atoms with Crippen LogP contribution in [0, 0.1) is 6.92 Å². The van der Waals surface area contributed by atoms with Gasteiger partial charge in [0, 0.05) is 11.8 Å². The van der Waals surface area contributed by atoms with E-state index in [1.54, 1.807) is 12.1 Å². The Morgan fingerprint density at radius 2 is 1.72 bits per heavy atom. The van der Waals surface area contributed by atoms with Crippen LogP contribution in [0.4, 0.5) is 24.8 Å². The summed E-state index contributed by atoms with van der Waals surface area (Å²) in [4.78, 5) is 7.13. The van der Waals surface area contributed by atoms with E-state index in [2.05, 4.69) is 24.0 Å². The molecule has 32 heavy (non-hydrogen) atoms. The molecular formula is C21H13ClF3N5OS. The van der Waals surface area contributed by atoms with Crippen LogP contribution in [-0.2, 0) is 6.18 Å². The van der Waals surface area contributed by atoms with Gasteiger partial charge < -0.3 is 15.0 Å². The van der Waals surface area contributed by atoms with Crippen molar-refractivity contribution < 1.29 is 17.9 Å². The van der Waals surface area contributed by atoms with Crippen molar-refractivity contribution in [1.29, 1.82) is 0 Å². The molecular weight excluding hydrogens is 463 g/mol. The number of benzene rings is 3. The van der Waals surface area contributed by atoms with Gasteiger partial charge in [-0.2, -0.15) is 21.9 Å². The van der Waals surface area contributed by atoms with Crippen molar-refractivity contribution in [3.63, 3.8) is 0 Å². The Balaban J connectivity index is 1.38. The lowest BCUT2D eigenvalue weighted by Gasteiger charge is -2.10. The second-order valence-electron chi connectivity index (χ2n) is 7.05. The number of hydrogen-bond donors (Lipinski definition) is 2. The number of aromatic amines is 1. The number of fused-ring (bicyclic) bond motifs is 2. The summed E-state index contributed by atoms with van der Waals surface area (Å²) in [5, 5.41) is 3.03. The maximum Gasteiger partial charge on any atom is 0.416 e. The highest BCUT2D eigenvalue weighted by Gasteiger charge is 2.31. The molecule has 0 radical (unpaired) electrons. The molecule has 0 saturated carbocycles. The van der Waals surface area contributed by atoms with E-state index in [9.17, 15) is 13.2 Å². The van der Waals surface area contributed by atoms with E-state index in [-0.39, 0.29) is 16.5 Å². The van der Waals surface area contributed by atoms with E-state index in [0.717, 1.165) is 40.5 Å². The fourth-order valence-electron chi connectivity index (χ4n) is 3.22. The molecule has 0 atom stereocenters. The van der Waals surface area contributed by atoms with Crippen molar-refractivity contribution in [2.45, 2.75) is 13.1 Å². The maximum absolute atomic E-state index is 13.0. The van der Waals surface area contributed by atoms with E-state index >= 15 is 0 Å². The zero-order chi connectivity index (χ0) is 22.5. The minimum absolute atomic E-state index is 0.0527. The van der Waals surface area contributed by atoms with Crippen LogP contribution in [0.5, 0.6) is 11.5 Å². The summed E-state index contributed by atoms with van der Waals surface area (Å²) >= 11 is 7.16. The molecule has 0 spiro atoms. The predicted molar refractivity (Wildman–Crippen MR) is 118 cm³/mol. The topological polar surface area (TPSA) is 75.7 Å². The third-order valence-electron chi connectivity index (χ3n) is 4.78. The highest BCUT2D eigenvalue weighted by Crippen LogP contribution is 2.35. The molecule has 0 fully saturated rings. The molecule has 0 unspecified atom stereocenters. The Labute approximate surface area is 188 Å². The number of aromatic nitrogens is 4. The van der Waals surface area contributed by atoms with Gasteiger partial charge in [0.05, 0.1) is 33.3 Å². The third kappa shape index (κ3) is 3.94. The highest BCUT2D eigenvalue weighted by atomic mass is 35.5. The van der Waals surface area contributed by atoms with Gasteiger partial charge in [0.1, 0.15) is 22.5 Å². The van der Waals surface area contributed by atoms with Crippen molar-refractivity contribution in [3.8, 4) is 11.5 Å². The monoisotopic (exact) mass is 475 g/mol. The minimum Gasteiger partial charge on any atom is -0.457 e. The fourth-order valence-corrected chi connectivity index (χ4v) is 4.00.